The summed E-state index contributed by atoms with van der Waals surface area (Å²) in [6, 6.07) is 9.39. The second kappa shape index (κ2) is 6.69. The fourth-order valence-corrected chi connectivity index (χ4v) is 1.91. The van der Waals surface area contributed by atoms with Crippen molar-refractivity contribution in [3.63, 3.8) is 0 Å². The molecule has 0 saturated heterocycles. The van der Waals surface area contributed by atoms with Crippen molar-refractivity contribution >= 4 is 11.6 Å². The van der Waals surface area contributed by atoms with Crippen LogP contribution in [0.1, 0.15) is 21.5 Å². The van der Waals surface area contributed by atoms with Crippen molar-refractivity contribution in [2.24, 2.45) is 0 Å². The van der Waals surface area contributed by atoms with Crippen LogP contribution in [0, 0.1) is 18.8 Å². The zero-order chi connectivity index (χ0) is 15.2. The van der Waals surface area contributed by atoms with Crippen LogP contribution in [0.25, 0.3) is 0 Å². The molecular formula is C17H16N2O2. The van der Waals surface area contributed by atoms with E-state index < -0.39 is 0 Å². The van der Waals surface area contributed by atoms with Crippen LogP contribution in [0.15, 0.2) is 42.7 Å². The number of pyridine rings is 1. The molecule has 1 aromatic carbocycles. The van der Waals surface area contributed by atoms with Crippen LogP contribution in [-0.4, -0.2) is 29.7 Å². The summed E-state index contributed by atoms with van der Waals surface area (Å²) in [6.07, 6.45) is 3.07. The fourth-order valence-electron chi connectivity index (χ4n) is 1.91. The van der Waals surface area contributed by atoms with Gasteiger partial charge in [-0.05, 0) is 30.7 Å². The van der Waals surface area contributed by atoms with Gasteiger partial charge in [-0.2, -0.15) is 0 Å². The molecule has 1 N–H and O–H groups in total. The third-order valence-electron chi connectivity index (χ3n) is 2.99. The summed E-state index contributed by atoms with van der Waals surface area (Å²) in [7, 11) is 1.73. The van der Waals surface area contributed by atoms with E-state index in [9.17, 15) is 4.79 Å². The van der Waals surface area contributed by atoms with E-state index in [1.54, 1.807) is 24.2 Å². The summed E-state index contributed by atoms with van der Waals surface area (Å²) in [6.45, 7) is 1.76. The van der Waals surface area contributed by atoms with E-state index >= 15 is 0 Å². The van der Waals surface area contributed by atoms with Gasteiger partial charge in [-0.3, -0.25) is 9.78 Å². The zero-order valence-corrected chi connectivity index (χ0v) is 12.0. The fraction of sp³-hybridized carbons (Fsp3) is 0.176. The minimum atomic E-state index is -0.221. The number of amides is 1. The maximum Gasteiger partial charge on any atom is 0.259 e. The smallest absolute Gasteiger partial charge is 0.259 e. The molecule has 0 atom stereocenters. The highest BCUT2D eigenvalue weighted by molar-refractivity contribution is 6.05. The molecule has 2 rings (SSSR count). The highest BCUT2D eigenvalue weighted by atomic mass is 16.2. The number of carbonyl (C=O) groups is 1. The average Bonchev–Trinajstić information content (AvgIpc) is 2.51. The Morgan fingerprint density at radius 2 is 2.14 bits per heavy atom. The van der Waals surface area contributed by atoms with E-state index in [0.29, 0.717) is 11.1 Å². The van der Waals surface area contributed by atoms with Crippen LogP contribution < -0.4 is 4.90 Å². The van der Waals surface area contributed by atoms with E-state index in [2.05, 4.69) is 16.8 Å². The van der Waals surface area contributed by atoms with Crippen molar-refractivity contribution in [1.29, 1.82) is 0 Å². The Kier molecular flexibility index (Phi) is 4.70. The standard InChI is InChI=1S/C17H16N2O2/c1-13-5-3-7-16(9-13)19(2)17(21)15-10-14(6-4-8-20)11-18-12-15/h3,5,7,9-12,20H,8H2,1-2H3. The molecule has 0 aliphatic heterocycles. The monoisotopic (exact) mass is 280 g/mol. The Hall–Kier alpha value is -2.64. The van der Waals surface area contributed by atoms with Gasteiger partial charge in [0.25, 0.3) is 5.91 Å². The van der Waals surface area contributed by atoms with E-state index in [1.807, 2.05) is 31.2 Å². The number of aromatic nitrogens is 1. The predicted molar refractivity (Wildman–Crippen MR) is 82.1 cm³/mol. The van der Waals surface area contributed by atoms with E-state index in [0.717, 1.165) is 11.3 Å². The Balaban J connectivity index is 2.27. The number of rotatable bonds is 2. The third-order valence-corrected chi connectivity index (χ3v) is 2.99. The minimum absolute atomic E-state index is 0.152. The van der Waals surface area contributed by atoms with Crippen molar-refractivity contribution in [2.75, 3.05) is 18.6 Å². The number of nitrogens with zero attached hydrogens (tertiary/aromatic N) is 2. The van der Waals surface area contributed by atoms with E-state index in [4.69, 9.17) is 5.11 Å². The SMILES string of the molecule is Cc1cccc(N(C)C(=O)c2cncc(C#CCO)c2)c1. The lowest BCUT2D eigenvalue weighted by molar-refractivity contribution is 0.0992. The summed E-state index contributed by atoms with van der Waals surface area (Å²) in [5.41, 5.74) is 2.98. The van der Waals surface area contributed by atoms with Crippen molar-refractivity contribution in [3.05, 3.63) is 59.4 Å². The molecule has 0 saturated carbocycles. The summed E-state index contributed by atoms with van der Waals surface area (Å²) in [5.74, 6) is 5.13. The molecule has 1 heterocycles. The summed E-state index contributed by atoms with van der Waals surface area (Å²) in [5, 5.41) is 8.70. The minimum Gasteiger partial charge on any atom is -0.384 e. The van der Waals surface area contributed by atoms with Gasteiger partial charge < -0.3 is 10.0 Å². The predicted octanol–water partition coefficient (Wildman–Crippen LogP) is 2.01. The molecule has 0 spiro atoms. The molecular weight excluding hydrogens is 264 g/mol. The Morgan fingerprint density at radius 1 is 1.33 bits per heavy atom. The quantitative estimate of drug-likeness (QED) is 0.856. The van der Waals surface area contributed by atoms with Gasteiger partial charge in [0.1, 0.15) is 6.61 Å². The third kappa shape index (κ3) is 3.68. The van der Waals surface area contributed by atoms with E-state index in [-0.39, 0.29) is 12.5 Å². The first-order valence-corrected chi connectivity index (χ1v) is 6.51. The molecule has 0 unspecified atom stereocenters. The molecule has 1 aromatic heterocycles. The first kappa shape index (κ1) is 14.8. The molecule has 106 valence electrons. The highest BCUT2D eigenvalue weighted by Crippen LogP contribution is 2.17. The normalized spacial score (nSPS) is 9.67. The first-order valence-electron chi connectivity index (χ1n) is 6.51. The van der Waals surface area contributed by atoms with Crippen LogP contribution >= 0.6 is 0 Å². The van der Waals surface area contributed by atoms with Gasteiger partial charge in [0.2, 0.25) is 0 Å². The summed E-state index contributed by atoms with van der Waals surface area (Å²) >= 11 is 0. The molecule has 0 radical (unpaired) electrons. The van der Waals surface area contributed by atoms with Crippen LogP contribution in [0.3, 0.4) is 0 Å². The van der Waals surface area contributed by atoms with Crippen LogP contribution in [0.2, 0.25) is 0 Å². The number of aliphatic hydroxyl groups is 1. The van der Waals surface area contributed by atoms with E-state index in [1.165, 1.54) is 6.20 Å². The summed E-state index contributed by atoms with van der Waals surface area (Å²) in [4.78, 5) is 18.1. The molecule has 2 aromatic rings. The van der Waals surface area contributed by atoms with Crippen LogP contribution in [0.5, 0.6) is 0 Å². The maximum absolute atomic E-state index is 12.5. The first-order chi connectivity index (χ1) is 10.1. The van der Waals surface area contributed by atoms with Crippen LogP contribution in [-0.2, 0) is 0 Å². The van der Waals surface area contributed by atoms with Gasteiger partial charge in [-0.25, -0.2) is 0 Å². The number of hydrogen-bond acceptors (Lipinski definition) is 3. The highest BCUT2D eigenvalue weighted by Gasteiger charge is 2.14. The number of aryl methyl sites for hydroxylation is 1. The lowest BCUT2D eigenvalue weighted by atomic mass is 10.1. The zero-order valence-electron chi connectivity index (χ0n) is 12.0. The maximum atomic E-state index is 12.5. The molecule has 4 heteroatoms. The van der Waals surface area contributed by atoms with Gasteiger partial charge in [0, 0.05) is 30.7 Å². The van der Waals surface area contributed by atoms with Gasteiger partial charge in [-0.1, -0.05) is 24.0 Å². The number of aliphatic hydroxyl groups excluding tert-OH is 1. The molecule has 0 aliphatic rings. The number of anilines is 1. The Bertz CT molecular complexity index is 714. The Labute approximate surface area is 124 Å². The number of carbonyl (C=O) groups excluding carboxylic acids is 1. The van der Waals surface area contributed by atoms with Gasteiger partial charge in [0.15, 0.2) is 0 Å². The van der Waals surface area contributed by atoms with Crippen molar-refractivity contribution < 1.29 is 9.90 Å². The molecule has 0 bridgehead atoms. The largest absolute Gasteiger partial charge is 0.384 e. The van der Waals surface area contributed by atoms with Gasteiger partial charge >= 0.3 is 0 Å². The number of benzene rings is 1. The molecule has 4 nitrogen and oxygen atoms in total. The van der Waals surface area contributed by atoms with Gasteiger partial charge in [-0.15, -0.1) is 0 Å². The topological polar surface area (TPSA) is 53.4 Å². The average molecular weight is 280 g/mol. The summed E-state index contributed by atoms with van der Waals surface area (Å²) < 4.78 is 0. The Morgan fingerprint density at radius 3 is 2.86 bits per heavy atom. The second-order valence-electron chi connectivity index (χ2n) is 4.63. The van der Waals surface area contributed by atoms with Crippen molar-refractivity contribution in [2.45, 2.75) is 6.92 Å². The molecule has 0 aliphatic carbocycles. The van der Waals surface area contributed by atoms with Crippen molar-refractivity contribution in [1.82, 2.24) is 4.98 Å². The molecule has 0 fully saturated rings. The molecule has 21 heavy (non-hydrogen) atoms. The lowest BCUT2D eigenvalue weighted by Gasteiger charge is -2.17. The van der Waals surface area contributed by atoms with Gasteiger partial charge in [0.05, 0.1) is 5.56 Å². The lowest BCUT2D eigenvalue weighted by Crippen LogP contribution is -2.26. The molecule has 1 amide bonds. The van der Waals surface area contributed by atoms with Crippen LogP contribution in [0.4, 0.5) is 5.69 Å². The second-order valence-corrected chi connectivity index (χ2v) is 4.63. The number of hydrogen-bond donors (Lipinski definition) is 1. The van der Waals surface area contributed by atoms with Crippen molar-refractivity contribution in [3.8, 4) is 11.8 Å².